The molecule has 0 spiro atoms. The molecule has 0 amide bonds. The van der Waals surface area contributed by atoms with Gasteiger partial charge in [0.15, 0.2) is 0 Å². The van der Waals surface area contributed by atoms with E-state index in [0.717, 1.165) is 22.0 Å². The minimum Gasteiger partial charge on any atom is -0.478 e. The van der Waals surface area contributed by atoms with Crippen molar-refractivity contribution in [2.75, 3.05) is 0 Å². The third-order valence-corrected chi connectivity index (χ3v) is 3.22. The zero-order chi connectivity index (χ0) is 13.9. The van der Waals surface area contributed by atoms with E-state index in [0.29, 0.717) is 5.56 Å². The Balaban J connectivity index is 2.10. The highest BCUT2D eigenvalue weighted by atomic mass is 16.4. The Morgan fingerprint density at radius 3 is 2.55 bits per heavy atom. The molecular formula is C17H13NO2. The number of carboxylic acids is 1. The molecule has 0 aliphatic heterocycles. The van der Waals surface area contributed by atoms with Crippen LogP contribution in [-0.2, 0) is 0 Å². The Bertz CT molecular complexity index is 785. The highest BCUT2D eigenvalue weighted by molar-refractivity contribution is 6.07. The molecule has 0 bridgehead atoms. The van der Waals surface area contributed by atoms with Crippen molar-refractivity contribution in [3.05, 3.63) is 71.4 Å². The lowest BCUT2D eigenvalue weighted by atomic mass is 10.0. The summed E-state index contributed by atoms with van der Waals surface area (Å²) in [6.45, 7) is 0. The summed E-state index contributed by atoms with van der Waals surface area (Å²) in [5.74, 6) is -0.920. The Labute approximate surface area is 116 Å². The van der Waals surface area contributed by atoms with Crippen molar-refractivity contribution in [1.82, 2.24) is 4.98 Å². The summed E-state index contributed by atoms with van der Waals surface area (Å²) in [5, 5.41) is 9.98. The zero-order valence-corrected chi connectivity index (χ0v) is 10.7. The highest BCUT2D eigenvalue weighted by Gasteiger charge is 2.12. The molecule has 98 valence electrons. The molecule has 0 saturated carbocycles. The Kier molecular flexibility index (Phi) is 3.09. The monoisotopic (exact) mass is 263 g/mol. The van der Waals surface area contributed by atoms with Gasteiger partial charge in [-0.1, -0.05) is 54.6 Å². The number of rotatable bonds is 3. The van der Waals surface area contributed by atoms with E-state index >= 15 is 0 Å². The third kappa shape index (κ3) is 2.21. The second-order valence-corrected chi connectivity index (χ2v) is 4.52. The lowest BCUT2D eigenvalue weighted by Gasteiger charge is -1.99. The van der Waals surface area contributed by atoms with Crippen LogP contribution < -0.4 is 0 Å². The van der Waals surface area contributed by atoms with Crippen molar-refractivity contribution < 1.29 is 9.90 Å². The van der Waals surface area contributed by atoms with Crippen molar-refractivity contribution in [1.29, 1.82) is 0 Å². The molecule has 0 unspecified atom stereocenters. The average Bonchev–Trinajstić information content (AvgIpc) is 2.91. The van der Waals surface area contributed by atoms with E-state index in [1.807, 2.05) is 60.7 Å². The Hall–Kier alpha value is -2.81. The first-order valence-corrected chi connectivity index (χ1v) is 6.32. The number of fused-ring (bicyclic) bond motifs is 1. The van der Waals surface area contributed by atoms with E-state index < -0.39 is 5.97 Å². The fraction of sp³-hybridized carbons (Fsp3) is 0. The predicted octanol–water partition coefficient (Wildman–Crippen LogP) is 4.04. The van der Waals surface area contributed by atoms with Gasteiger partial charge < -0.3 is 10.1 Å². The summed E-state index contributed by atoms with van der Waals surface area (Å²) in [6, 6.07) is 15.6. The van der Waals surface area contributed by atoms with Crippen LogP contribution in [0.25, 0.3) is 23.1 Å². The number of nitrogens with one attached hydrogen (secondary N) is 1. The van der Waals surface area contributed by atoms with Crippen LogP contribution in [0.5, 0.6) is 0 Å². The number of carbonyl (C=O) groups is 1. The van der Waals surface area contributed by atoms with E-state index in [1.54, 1.807) is 0 Å². The van der Waals surface area contributed by atoms with Gasteiger partial charge in [-0.2, -0.15) is 0 Å². The van der Waals surface area contributed by atoms with Crippen molar-refractivity contribution in [3.8, 4) is 0 Å². The van der Waals surface area contributed by atoms with Crippen LogP contribution in [0.2, 0.25) is 0 Å². The lowest BCUT2D eigenvalue weighted by Crippen LogP contribution is -1.94. The molecule has 2 N–H and O–H groups in total. The standard InChI is InChI=1S/C17H13NO2/c19-17(20)14-11-18-15-8-4-7-13(16(14)15)10-9-12-5-2-1-3-6-12/h1-11,18H,(H,19,20)/b10-9+. The second kappa shape index (κ2) is 5.05. The summed E-state index contributed by atoms with van der Waals surface area (Å²) < 4.78 is 0. The van der Waals surface area contributed by atoms with Gasteiger partial charge in [-0.05, 0) is 17.2 Å². The summed E-state index contributed by atoms with van der Waals surface area (Å²) in [5.41, 5.74) is 3.10. The molecule has 0 radical (unpaired) electrons. The van der Waals surface area contributed by atoms with Gasteiger partial charge in [0, 0.05) is 17.1 Å². The van der Waals surface area contributed by atoms with Crippen LogP contribution in [0.1, 0.15) is 21.5 Å². The molecule has 3 nitrogen and oxygen atoms in total. The minimum atomic E-state index is -0.920. The highest BCUT2D eigenvalue weighted by Crippen LogP contribution is 2.24. The molecule has 3 aromatic rings. The number of aromatic carboxylic acids is 1. The molecule has 2 aromatic carbocycles. The molecule has 0 atom stereocenters. The third-order valence-electron chi connectivity index (χ3n) is 3.22. The Morgan fingerprint density at radius 2 is 1.80 bits per heavy atom. The number of benzene rings is 2. The van der Waals surface area contributed by atoms with E-state index in [2.05, 4.69) is 4.98 Å². The predicted molar refractivity (Wildman–Crippen MR) is 80.6 cm³/mol. The molecule has 20 heavy (non-hydrogen) atoms. The molecule has 0 aliphatic rings. The fourth-order valence-electron chi connectivity index (χ4n) is 2.27. The van der Waals surface area contributed by atoms with Gasteiger partial charge in [0.1, 0.15) is 0 Å². The maximum atomic E-state index is 11.3. The maximum absolute atomic E-state index is 11.3. The van der Waals surface area contributed by atoms with Crippen molar-refractivity contribution >= 4 is 29.0 Å². The molecule has 3 rings (SSSR count). The second-order valence-electron chi connectivity index (χ2n) is 4.52. The fourth-order valence-corrected chi connectivity index (χ4v) is 2.27. The van der Waals surface area contributed by atoms with Crippen molar-refractivity contribution in [3.63, 3.8) is 0 Å². The number of H-pyrrole nitrogens is 1. The van der Waals surface area contributed by atoms with Crippen LogP contribution in [0, 0.1) is 0 Å². The van der Waals surface area contributed by atoms with E-state index in [1.165, 1.54) is 6.20 Å². The zero-order valence-electron chi connectivity index (χ0n) is 10.7. The van der Waals surface area contributed by atoms with Gasteiger partial charge in [0.25, 0.3) is 0 Å². The number of aromatic amines is 1. The molecule has 0 aliphatic carbocycles. The summed E-state index contributed by atoms with van der Waals surface area (Å²) >= 11 is 0. The molecule has 1 heterocycles. The number of hydrogen-bond acceptors (Lipinski definition) is 1. The van der Waals surface area contributed by atoms with Crippen molar-refractivity contribution in [2.24, 2.45) is 0 Å². The van der Waals surface area contributed by atoms with Crippen LogP contribution >= 0.6 is 0 Å². The lowest BCUT2D eigenvalue weighted by molar-refractivity contribution is 0.0699. The van der Waals surface area contributed by atoms with Crippen LogP contribution in [-0.4, -0.2) is 16.1 Å². The van der Waals surface area contributed by atoms with Gasteiger partial charge in [-0.15, -0.1) is 0 Å². The SMILES string of the molecule is O=C(O)c1c[nH]c2cccc(/C=C/c3ccccc3)c12. The Morgan fingerprint density at radius 1 is 1.00 bits per heavy atom. The minimum absolute atomic E-state index is 0.299. The molecular weight excluding hydrogens is 250 g/mol. The number of aromatic nitrogens is 1. The first-order chi connectivity index (χ1) is 9.75. The van der Waals surface area contributed by atoms with Crippen LogP contribution in [0.15, 0.2) is 54.7 Å². The molecule has 0 fully saturated rings. The molecule has 3 heteroatoms. The average molecular weight is 263 g/mol. The quantitative estimate of drug-likeness (QED) is 0.701. The normalized spacial score (nSPS) is 11.2. The molecule has 1 aromatic heterocycles. The van der Waals surface area contributed by atoms with E-state index in [9.17, 15) is 9.90 Å². The van der Waals surface area contributed by atoms with Crippen LogP contribution in [0.3, 0.4) is 0 Å². The van der Waals surface area contributed by atoms with Gasteiger partial charge in [-0.25, -0.2) is 4.79 Å². The van der Waals surface area contributed by atoms with Crippen molar-refractivity contribution in [2.45, 2.75) is 0 Å². The first-order valence-electron chi connectivity index (χ1n) is 6.32. The summed E-state index contributed by atoms with van der Waals surface area (Å²) in [4.78, 5) is 14.3. The first kappa shape index (κ1) is 12.2. The van der Waals surface area contributed by atoms with E-state index in [-0.39, 0.29) is 0 Å². The van der Waals surface area contributed by atoms with Gasteiger partial charge in [-0.3, -0.25) is 0 Å². The summed E-state index contributed by atoms with van der Waals surface area (Å²) in [7, 11) is 0. The smallest absolute Gasteiger partial charge is 0.337 e. The summed E-state index contributed by atoms with van der Waals surface area (Å²) in [6.07, 6.45) is 5.46. The largest absolute Gasteiger partial charge is 0.478 e. The van der Waals surface area contributed by atoms with Gasteiger partial charge in [0.05, 0.1) is 5.56 Å². The van der Waals surface area contributed by atoms with Gasteiger partial charge in [0.2, 0.25) is 0 Å². The maximum Gasteiger partial charge on any atom is 0.337 e. The topological polar surface area (TPSA) is 53.1 Å². The number of hydrogen-bond donors (Lipinski definition) is 2. The number of carboxylic acid groups (broad SMARTS) is 1. The van der Waals surface area contributed by atoms with Gasteiger partial charge >= 0.3 is 5.97 Å². The van der Waals surface area contributed by atoms with Crippen LogP contribution in [0.4, 0.5) is 0 Å². The molecule has 0 saturated heterocycles. The van der Waals surface area contributed by atoms with E-state index in [4.69, 9.17) is 0 Å².